The van der Waals surface area contributed by atoms with Crippen LogP contribution in [0, 0.1) is 0 Å². The fraction of sp³-hybridized carbons (Fsp3) is 0.417. The van der Waals surface area contributed by atoms with E-state index in [2.05, 4.69) is 5.32 Å². The number of hydrogen-bond donors (Lipinski definition) is 1. The lowest BCUT2D eigenvalue weighted by Gasteiger charge is -2.20. The van der Waals surface area contributed by atoms with Crippen molar-refractivity contribution in [2.24, 2.45) is 0 Å². The Morgan fingerprint density at radius 2 is 2.00 bits per heavy atom. The summed E-state index contributed by atoms with van der Waals surface area (Å²) in [7, 11) is 0. The van der Waals surface area contributed by atoms with Crippen LogP contribution >= 0.6 is 11.6 Å². The molecule has 1 fully saturated rings. The third-order valence-electron chi connectivity index (χ3n) is 3.66. The van der Waals surface area contributed by atoms with Crippen molar-refractivity contribution in [1.29, 1.82) is 0 Å². The summed E-state index contributed by atoms with van der Waals surface area (Å²) in [5, 5.41) is 3.58. The molecule has 0 aromatic heterocycles. The second-order valence-corrected chi connectivity index (χ2v) is 4.81. The Labute approximate surface area is 93.6 Å². The number of carbonyl (C=O) groups is 1. The highest BCUT2D eigenvalue weighted by molar-refractivity contribution is 6.34. The molecular weight excluding hydrogens is 210 g/mol. The van der Waals surface area contributed by atoms with Gasteiger partial charge in [-0.25, -0.2) is 0 Å². The van der Waals surface area contributed by atoms with Gasteiger partial charge in [-0.05, 0) is 24.5 Å². The highest BCUT2D eigenvalue weighted by atomic mass is 35.5. The minimum absolute atomic E-state index is 0.142. The van der Waals surface area contributed by atoms with Crippen LogP contribution in [0.4, 0.5) is 5.69 Å². The number of nitrogens with one attached hydrogen (secondary N) is 1. The number of halogens is 1. The molecule has 0 radical (unpaired) electrons. The molecule has 3 rings (SSSR count). The van der Waals surface area contributed by atoms with Gasteiger partial charge in [0.05, 0.1) is 16.1 Å². The van der Waals surface area contributed by atoms with Crippen LogP contribution in [0.25, 0.3) is 0 Å². The molecule has 1 aliphatic carbocycles. The van der Waals surface area contributed by atoms with Crippen LogP contribution in [0.15, 0.2) is 18.2 Å². The molecule has 2 aliphatic rings. The first-order valence-corrected chi connectivity index (χ1v) is 5.72. The molecule has 0 saturated heterocycles. The van der Waals surface area contributed by atoms with Crippen LogP contribution in [0.1, 0.15) is 31.2 Å². The van der Waals surface area contributed by atoms with Crippen LogP contribution in [0.2, 0.25) is 5.02 Å². The summed E-state index contributed by atoms with van der Waals surface area (Å²) in [6.07, 6.45) is 4.21. The molecule has 1 saturated carbocycles. The van der Waals surface area contributed by atoms with Gasteiger partial charge in [0.1, 0.15) is 0 Å². The second-order valence-electron chi connectivity index (χ2n) is 4.41. The van der Waals surface area contributed by atoms with Crippen LogP contribution in [0.5, 0.6) is 0 Å². The van der Waals surface area contributed by atoms with E-state index in [-0.39, 0.29) is 11.3 Å². The van der Waals surface area contributed by atoms with Crippen molar-refractivity contribution in [2.45, 2.75) is 31.1 Å². The van der Waals surface area contributed by atoms with E-state index in [0.717, 1.165) is 36.9 Å². The first-order valence-electron chi connectivity index (χ1n) is 5.34. The Hall–Kier alpha value is -1.02. The van der Waals surface area contributed by atoms with Gasteiger partial charge in [-0.3, -0.25) is 4.79 Å². The number of anilines is 1. The summed E-state index contributed by atoms with van der Waals surface area (Å²) in [6, 6.07) is 5.79. The standard InChI is InChI=1S/C12H12ClNO/c13-9-5-3-4-8-10(9)14-11(15)12(8)6-1-2-7-12/h3-5H,1-2,6-7H2,(H,14,15). The van der Waals surface area contributed by atoms with Gasteiger partial charge in [-0.15, -0.1) is 0 Å². The van der Waals surface area contributed by atoms with E-state index >= 15 is 0 Å². The molecule has 0 atom stereocenters. The highest BCUT2D eigenvalue weighted by Crippen LogP contribution is 2.50. The molecule has 1 aromatic rings. The van der Waals surface area contributed by atoms with Gasteiger partial charge in [-0.2, -0.15) is 0 Å². The molecule has 78 valence electrons. The van der Waals surface area contributed by atoms with Gasteiger partial charge >= 0.3 is 0 Å². The molecule has 1 spiro atoms. The monoisotopic (exact) mass is 221 g/mol. The van der Waals surface area contributed by atoms with Crippen LogP contribution in [-0.2, 0) is 10.2 Å². The third kappa shape index (κ3) is 1.08. The van der Waals surface area contributed by atoms with E-state index in [1.54, 1.807) is 0 Å². The first kappa shape index (κ1) is 9.22. The average Bonchev–Trinajstić information content (AvgIpc) is 2.79. The summed E-state index contributed by atoms with van der Waals surface area (Å²) >= 11 is 6.08. The van der Waals surface area contributed by atoms with Crippen molar-refractivity contribution in [1.82, 2.24) is 0 Å². The normalized spacial score (nSPS) is 21.8. The van der Waals surface area contributed by atoms with E-state index in [4.69, 9.17) is 11.6 Å². The first-order chi connectivity index (χ1) is 7.24. The number of para-hydroxylation sites is 1. The fourth-order valence-corrected chi connectivity index (χ4v) is 3.10. The molecular formula is C12H12ClNO. The Kier molecular flexibility index (Phi) is 1.84. The zero-order valence-electron chi connectivity index (χ0n) is 8.35. The maximum Gasteiger partial charge on any atom is 0.235 e. The third-order valence-corrected chi connectivity index (χ3v) is 3.97. The Balaban J connectivity index is 2.21. The zero-order valence-corrected chi connectivity index (χ0v) is 9.10. The second kappa shape index (κ2) is 2.99. The van der Waals surface area contributed by atoms with Crippen molar-refractivity contribution >= 4 is 23.2 Å². The van der Waals surface area contributed by atoms with Crippen molar-refractivity contribution in [2.75, 3.05) is 5.32 Å². The largest absolute Gasteiger partial charge is 0.324 e. The van der Waals surface area contributed by atoms with Gasteiger partial charge < -0.3 is 5.32 Å². The van der Waals surface area contributed by atoms with Crippen molar-refractivity contribution < 1.29 is 4.79 Å². The summed E-state index contributed by atoms with van der Waals surface area (Å²) in [4.78, 5) is 12.0. The molecule has 2 nitrogen and oxygen atoms in total. The number of fused-ring (bicyclic) bond motifs is 2. The smallest absolute Gasteiger partial charge is 0.235 e. The molecule has 15 heavy (non-hydrogen) atoms. The molecule has 0 bridgehead atoms. The molecule has 1 aromatic carbocycles. The fourth-order valence-electron chi connectivity index (χ4n) is 2.88. The molecule has 1 amide bonds. The minimum Gasteiger partial charge on any atom is -0.324 e. The lowest BCUT2D eigenvalue weighted by Crippen LogP contribution is -2.30. The number of carbonyl (C=O) groups excluding carboxylic acids is 1. The Morgan fingerprint density at radius 1 is 1.27 bits per heavy atom. The van der Waals surface area contributed by atoms with Crippen molar-refractivity contribution in [3.05, 3.63) is 28.8 Å². The van der Waals surface area contributed by atoms with Crippen LogP contribution < -0.4 is 5.32 Å². The summed E-state index contributed by atoms with van der Waals surface area (Å²) < 4.78 is 0. The van der Waals surface area contributed by atoms with E-state index in [0.29, 0.717) is 5.02 Å². The van der Waals surface area contributed by atoms with Gasteiger partial charge in [0.25, 0.3) is 0 Å². The Morgan fingerprint density at radius 3 is 2.73 bits per heavy atom. The molecule has 1 heterocycles. The van der Waals surface area contributed by atoms with E-state index in [1.807, 2.05) is 18.2 Å². The van der Waals surface area contributed by atoms with Crippen molar-refractivity contribution in [3.8, 4) is 0 Å². The lowest BCUT2D eigenvalue weighted by molar-refractivity contribution is -0.120. The summed E-state index contributed by atoms with van der Waals surface area (Å²) in [5.41, 5.74) is 1.68. The van der Waals surface area contributed by atoms with Gasteiger partial charge in [0.15, 0.2) is 0 Å². The predicted octanol–water partition coefficient (Wildman–Crippen LogP) is 3.10. The predicted molar refractivity (Wildman–Crippen MR) is 60.2 cm³/mol. The SMILES string of the molecule is O=C1Nc2c(Cl)cccc2C12CCCC2. The molecule has 3 heteroatoms. The number of benzene rings is 1. The van der Waals surface area contributed by atoms with E-state index in [9.17, 15) is 4.79 Å². The van der Waals surface area contributed by atoms with Crippen molar-refractivity contribution in [3.63, 3.8) is 0 Å². The van der Waals surface area contributed by atoms with Gasteiger partial charge in [-0.1, -0.05) is 36.6 Å². The van der Waals surface area contributed by atoms with Crippen LogP contribution in [-0.4, -0.2) is 5.91 Å². The topological polar surface area (TPSA) is 29.1 Å². The zero-order chi connectivity index (χ0) is 10.5. The van der Waals surface area contributed by atoms with E-state index in [1.165, 1.54) is 0 Å². The van der Waals surface area contributed by atoms with Crippen LogP contribution in [0.3, 0.4) is 0 Å². The quantitative estimate of drug-likeness (QED) is 0.717. The maximum atomic E-state index is 12.0. The summed E-state index contributed by atoms with van der Waals surface area (Å²) in [5.74, 6) is 0.142. The summed E-state index contributed by atoms with van der Waals surface area (Å²) in [6.45, 7) is 0. The lowest BCUT2D eigenvalue weighted by atomic mass is 9.80. The van der Waals surface area contributed by atoms with Gasteiger partial charge in [0.2, 0.25) is 5.91 Å². The minimum atomic E-state index is -0.264. The molecule has 1 aliphatic heterocycles. The average molecular weight is 222 g/mol. The number of hydrogen-bond acceptors (Lipinski definition) is 1. The van der Waals surface area contributed by atoms with E-state index < -0.39 is 0 Å². The molecule has 0 unspecified atom stereocenters. The maximum absolute atomic E-state index is 12.0. The molecule has 1 N–H and O–H groups in total. The van der Waals surface area contributed by atoms with Gasteiger partial charge in [0, 0.05) is 0 Å². The number of rotatable bonds is 0. The number of amides is 1. The highest BCUT2D eigenvalue weighted by Gasteiger charge is 2.48. The Bertz CT molecular complexity index is 435.